The quantitative estimate of drug-likeness (QED) is 0.523. The van der Waals surface area contributed by atoms with E-state index in [0.717, 1.165) is 28.3 Å². The first-order valence-electron chi connectivity index (χ1n) is 10.3. The topological polar surface area (TPSA) is 53.5 Å². The lowest BCUT2D eigenvalue weighted by molar-refractivity contribution is -0.0920. The molecule has 2 heterocycles. The fraction of sp³-hybridized carbons (Fsp3) is 0.417. The zero-order valence-corrected chi connectivity index (χ0v) is 19.4. The molecule has 0 radical (unpaired) electrons. The molecule has 4 nitrogen and oxygen atoms in total. The van der Waals surface area contributed by atoms with Crippen molar-refractivity contribution in [3.05, 3.63) is 68.4 Å². The first-order chi connectivity index (χ1) is 14.3. The van der Waals surface area contributed by atoms with Gasteiger partial charge < -0.3 is 15.2 Å². The van der Waals surface area contributed by atoms with E-state index in [1.54, 1.807) is 18.4 Å². The number of hydrogen-bond donors (Lipinski definition) is 3. The van der Waals surface area contributed by atoms with Crippen LogP contribution in [0.4, 0.5) is 0 Å². The average molecular weight is 445 g/mol. The SMILES string of the molecule is COC(C)(C)C(O)NCc1ccc(Cl)c(C2=C3CC3C(c3ccsc3)=CC(C)N2)c1. The molecular formula is C24H29ClN2O2S. The minimum Gasteiger partial charge on any atom is -0.379 e. The maximum Gasteiger partial charge on any atom is 0.133 e. The number of halogens is 1. The van der Waals surface area contributed by atoms with Gasteiger partial charge in [-0.25, -0.2) is 0 Å². The van der Waals surface area contributed by atoms with E-state index in [0.29, 0.717) is 12.5 Å². The van der Waals surface area contributed by atoms with Gasteiger partial charge in [-0.3, -0.25) is 5.32 Å². The van der Waals surface area contributed by atoms with E-state index >= 15 is 0 Å². The van der Waals surface area contributed by atoms with E-state index in [-0.39, 0.29) is 6.04 Å². The van der Waals surface area contributed by atoms with Crippen molar-refractivity contribution in [2.75, 3.05) is 7.11 Å². The Morgan fingerprint density at radius 2 is 2.17 bits per heavy atom. The second-order valence-corrected chi connectivity index (χ2v) is 9.82. The summed E-state index contributed by atoms with van der Waals surface area (Å²) >= 11 is 8.37. The minimum atomic E-state index is -0.773. The van der Waals surface area contributed by atoms with Crippen LogP contribution in [0.15, 0.2) is 46.7 Å². The fourth-order valence-corrected chi connectivity index (χ4v) is 4.78. The van der Waals surface area contributed by atoms with Crippen LogP contribution in [-0.2, 0) is 11.3 Å². The molecule has 2 aromatic rings. The van der Waals surface area contributed by atoms with Crippen molar-refractivity contribution in [3.8, 4) is 0 Å². The lowest BCUT2D eigenvalue weighted by Gasteiger charge is -2.29. The summed E-state index contributed by atoms with van der Waals surface area (Å²) in [5.41, 5.74) is 6.75. The summed E-state index contributed by atoms with van der Waals surface area (Å²) in [6, 6.07) is 8.48. The standard InChI is InChI=1S/C24H29ClN2O2S/c1-14-9-17(16-7-8-30-13-16)18-11-19(18)22(27-14)20-10-15(5-6-21(20)25)12-26-23(28)24(2,3)29-4/h5-10,13-14,18,23,26-28H,11-12H2,1-4H3. The lowest BCUT2D eigenvalue weighted by atomic mass is 10.0. The Bertz CT molecular complexity index is 981. The van der Waals surface area contributed by atoms with Crippen molar-refractivity contribution in [3.63, 3.8) is 0 Å². The van der Waals surface area contributed by atoms with Crippen LogP contribution in [0, 0.1) is 5.92 Å². The molecule has 1 aromatic carbocycles. The molecule has 0 saturated heterocycles. The maximum atomic E-state index is 10.4. The molecule has 1 aromatic heterocycles. The summed E-state index contributed by atoms with van der Waals surface area (Å²) in [5, 5.41) is 22.3. The Labute approximate surface area is 187 Å². The number of allylic oxidation sites excluding steroid dienone is 2. The van der Waals surface area contributed by atoms with Crippen LogP contribution < -0.4 is 10.6 Å². The van der Waals surface area contributed by atoms with E-state index in [1.807, 2.05) is 26.0 Å². The smallest absolute Gasteiger partial charge is 0.133 e. The first-order valence-corrected chi connectivity index (χ1v) is 11.6. The highest BCUT2D eigenvalue weighted by molar-refractivity contribution is 7.08. The van der Waals surface area contributed by atoms with Gasteiger partial charge in [-0.05, 0) is 78.4 Å². The van der Waals surface area contributed by atoms with Crippen LogP contribution in [0.1, 0.15) is 43.9 Å². The Balaban J connectivity index is 1.58. The molecule has 30 heavy (non-hydrogen) atoms. The summed E-state index contributed by atoms with van der Waals surface area (Å²) in [5.74, 6) is 0.467. The second kappa shape index (κ2) is 8.48. The molecule has 0 spiro atoms. The highest BCUT2D eigenvalue weighted by Gasteiger charge is 2.39. The van der Waals surface area contributed by atoms with E-state index in [4.69, 9.17) is 16.3 Å². The Kier molecular flexibility index (Phi) is 6.11. The Hall–Kier alpha value is -1.63. The summed E-state index contributed by atoms with van der Waals surface area (Å²) in [4.78, 5) is 0. The van der Waals surface area contributed by atoms with Crippen molar-refractivity contribution in [2.24, 2.45) is 5.92 Å². The van der Waals surface area contributed by atoms with Crippen molar-refractivity contribution in [1.82, 2.24) is 10.6 Å². The van der Waals surface area contributed by atoms with Gasteiger partial charge in [0, 0.05) is 41.9 Å². The third kappa shape index (κ3) is 4.36. The van der Waals surface area contributed by atoms with Crippen LogP contribution in [0.5, 0.6) is 0 Å². The van der Waals surface area contributed by atoms with Gasteiger partial charge in [-0.15, -0.1) is 0 Å². The number of aliphatic hydroxyl groups excluding tert-OH is 1. The van der Waals surface area contributed by atoms with E-state index < -0.39 is 11.8 Å². The van der Waals surface area contributed by atoms with E-state index in [2.05, 4.69) is 46.5 Å². The molecule has 1 saturated carbocycles. The number of hydrogen-bond acceptors (Lipinski definition) is 5. The molecule has 2 aliphatic rings. The minimum absolute atomic E-state index is 0.220. The van der Waals surface area contributed by atoms with Crippen LogP contribution in [-0.4, -0.2) is 30.1 Å². The second-order valence-electron chi connectivity index (χ2n) is 8.63. The number of nitrogens with one attached hydrogen (secondary N) is 2. The van der Waals surface area contributed by atoms with Crippen molar-refractivity contribution < 1.29 is 9.84 Å². The molecule has 3 atom stereocenters. The number of ether oxygens (including phenoxy) is 1. The van der Waals surface area contributed by atoms with E-state index in [1.165, 1.54) is 16.7 Å². The van der Waals surface area contributed by atoms with Gasteiger partial charge in [0.05, 0.1) is 0 Å². The first kappa shape index (κ1) is 21.6. The van der Waals surface area contributed by atoms with Crippen LogP contribution >= 0.6 is 22.9 Å². The number of methoxy groups -OCH3 is 1. The van der Waals surface area contributed by atoms with Crippen LogP contribution in [0.2, 0.25) is 5.02 Å². The summed E-state index contributed by atoms with van der Waals surface area (Å²) < 4.78 is 5.36. The average Bonchev–Trinajstić information content (AvgIpc) is 3.35. The van der Waals surface area contributed by atoms with Crippen molar-refractivity contribution in [1.29, 1.82) is 0 Å². The predicted octanol–water partition coefficient (Wildman–Crippen LogP) is 5.04. The molecule has 1 aliphatic heterocycles. The molecule has 4 rings (SSSR count). The third-order valence-electron chi connectivity index (χ3n) is 6.02. The van der Waals surface area contributed by atoms with Gasteiger partial charge in [-0.1, -0.05) is 23.7 Å². The van der Waals surface area contributed by atoms with Crippen molar-refractivity contribution in [2.45, 2.75) is 51.6 Å². The fourth-order valence-electron chi connectivity index (χ4n) is 3.91. The summed E-state index contributed by atoms with van der Waals surface area (Å²) in [7, 11) is 1.60. The van der Waals surface area contributed by atoms with Gasteiger partial charge in [0.1, 0.15) is 11.8 Å². The monoisotopic (exact) mass is 444 g/mol. The van der Waals surface area contributed by atoms with Gasteiger partial charge in [0.2, 0.25) is 0 Å². The van der Waals surface area contributed by atoms with E-state index in [9.17, 15) is 5.11 Å². The number of benzene rings is 1. The molecule has 160 valence electrons. The number of thiophene rings is 1. The van der Waals surface area contributed by atoms with Crippen molar-refractivity contribution >= 4 is 34.2 Å². The molecule has 1 aliphatic carbocycles. The largest absolute Gasteiger partial charge is 0.379 e. The molecule has 0 bridgehead atoms. The maximum absolute atomic E-state index is 10.4. The van der Waals surface area contributed by atoms with Gasteiger partial charge in [0.25, 0.3) is 0 Å². The Morgan fingerprint density at radius 1 is 1.37 bits per heavy atom. The van der Waals surface area contributed by atoms with Crippen LogP contribution in [0.25, 0.3) is 11.3 Å². The highest BCUT2D eigenvalue weighted by atomic mass is 35.5. The highest BCUT2D eigenvalue weighted by Crippen LogP contribution is 2.53. The van der Waals surface area contributed by atoms with Gasteiger partial charge in [0.15, 0.2) is 0 Å². The number of rotatable bonds is 7. The lowest BCUT2D eigenvalue weighted by Crippen LogP contribution is -2.47. The normalized spacial score (nSPS) is 22.1. The van der Waals surface area contributed by atoms with Gasteiger partial charge in [-0.2, -0.15) is 11.3 Å². The number of aliphatic hydroxyl groups is 1. The van der Waals surface area contributed by atoms with Crippen LogP contribution in [0.3, 0.4) is 0 Å². The summed E-state index contributed by atoms with van der Waals surface area (Å²) in [6.07, 6.45) is 2.63. The molecule has 3 unspecified atom stereocenters. The predicted molar refractivity (Wildman–Crippen MR) is 125 cm³/mol. The van der Waals surface area contributed by atoms with Gasteiger partial charge >= 0.3 is 0 Å². The molecule has 1 fully saturated rings. The Morgan fingerprint density at radius 3 is 2.87 bits per heavy atom. The molecule has 0 amide bonds. The molecular weight excluding hydrogens is 416 g/mol. The summed E-state index contributed by atoms with van der Waals surface area (Å²) in [6.45, 7) is 6.41. The molecule has 3 N–H and O–H groups in total. The zero-order chi connectivity index (χ0) is 21.5. The number of fused-ring (bicyclic) bond motifs is 1. The third-order valence-corrected chi connectivity index (χ3v) is 7.03. The molecule has 6 heteroatoms. The zero-order valence-electron chi connectivity index (χ0n) is 17.8.